The van der Waals surface area contributed by atoms with Gasteiger partial charge < -0.3 is 34.7 Å². The molecule has 2 aromatic rings. The van der Waals surface area contributed by atoms with E-state index in [9.17, 15) is 19.2 Å². The molecule has 1 saturated heterocycles. The Morgan fingerprint density at radius 3 is 2.28 bits per heavy atom. The topological polar surface area (TPSA) is 161 Å². The van der Waals surface area contributed by atoms with E-state index in [0.29, 0.717) is 13.0 Å². The maximum Gasteiger partial charge on any atom is 0.274 e. The van der Waals surface area contributed by atoms with Gasteiger partial charge in [0.2, 0.25) is 11.8 Å². The second-order valence-electron chi connectivity index (χ2n) is 8.19. The summed E-state index contributed by atoms with van der Waals surface area (Å²) in [5.41, 5.74) is -0.0369. The Hall–Kier alpha value is -3.61. The Kier molecular flexibility index (Phi) is 11.2. The molecule has 12 nitrogen and oxygen atoms in total. The SMILES string of the molecule is COC.COC[C@H](NC(=O)c1ccon1)C(=O)NCC(=O)N[C@@H](Cc1ccccc1)C(=O)[C@@]1(C)CO1. The summed E-state index contributed by atoms with van der Waals surface area (Å²) in [6, 6.07) is 8.73. The van der Waals surface area contributed by atoms with Crippen molar-refractivity contribution in [3.63, 3.8) is 0 Å². The first kappa shape index (κ1) is 28.6. The number of rotatable bonds is 12. The van der Waals surface area contributed by atoms with E-state index in [1.165, 1.54) is 19.4 Å². The summed E-state index contributed by atoms with van der Waals surface area (Å²) in [7, 11) is 4.62. The lowest BCUT2D eigenvalue weighted by molar-refractivity contribution is -0.131. The number of amides is 3. The second-order valence-corrected chi connectivity index (χ2v) is 8.19. The lowest BCUT2D eigenvalue weighted by Gasteiger charge is -2.21. The number of epoxide rings is 1. The zero-order chi connectivity index (χ0) is 26.6. The van der Waals surface area contributed by atoms with Crippen LogP contribution in [-0.2, 0) is 35.0 Å². The molecule has 12 heteroatoms. The average molecular weight is 505 g/mol. The highest BCUT2D eigenvalue weighted by atomic mass is 16.6. The summed E-state index contributed by atoms with van der Waals surface area (Å²) in [5.74, 6) is -2.05. The molecule has 0 bridgehead atoms. The van der Waals surface area contributed by atoms with Crippen molar-refractivity contribution in [2.24, 2.45) is 0 Å². The van der Waals surface area contributed by atoms with E-state index < -0.39 is 42.0 Å². The minimum atomic E-state index is -1.06. The number of aromatic nitrogens is 1. The molecule has 0 spiro atoms. The lowest BCUT2D eigenvalue weighted by atomic mass is 9.95. The summed E-state index contributed by atoms with van der Waals surface area (Å²) in [6.07, 6.45) is 1.52. The van der Waals surface area contributed by atoms with Gasteiger partial charge in [0.1, 0.15) is 17.9 Å². The van der Waals surface area contributed by atoms with Crippen molar-refractivity contribution in [1.82, 2.24) is 21.1 Å². The van der Waals surface area contributed by atoms with Crippen molar-refractivity contribution >= 4 is 23.5 Å². The third-order valence-electron chi connectivity index (χ3n) is 5.08. The van der Waals surface area contributed by atoms with Gasteiger partial charge in [0.05, 0.1) is 25.8 Å². The molecule has 2 heterocycles. The minimum absolute atomic E-state index is 0.000276. The van der Waals surface area contributed by atoms with Crippen molar-refractivity contribution in [3.8, 4) is 0 Å². The summed E-state index contributed by atoms with van der Waals surface area (Å²) in [6.45, 7) is 1.46. The fourth-order valence-corrected chi connectivity index (χ4v) is 3.13. The normalized spacial score (nSPS) is 17.6. The molecule has 3 amide bonds. The number of benzene rings is 1. The molecule has 3 rings (SSSR count). The predicted molar refractivity (Wildman–Crippen MR) is 127 cm³/mol. The van der Waals surface area contributed by atoms with Gasteiger partial charge in [-0.25, -0.2) is 0 Å². The van der Waals surface area contributed by atoms with E-state index in [1.54, 1.807) is 21.1 Å². The van der Waals surface area contributed by atoms with Crippen LogP contribution in [0.25, 0.3) is 0 Å². The summed E-state index contributed by atoms with van der Waals surface area (Å²) in [5, 5.41) is 11.1. The molecule has 1 aromatic heterocycles. The van der Waals surface area contributed by atoms with Gasteiger partial charge in [-0.2, -0.15) is 0 Å². The van der Waals surface area contributed by atoms with Crippen molar-refractivity contribution in [3.05, 3.63) is 53.9 Å². The van der Waals surface area contributed by atoms with Crippen LogP contribution in [0.5, 0.6) is 0 Å². The Labute approximate surface area is 209 Å². The molecular formula is C24H32N4O8. The first-order valence-corrected chi connectivity index (χ1v) is 11.1. The highest BCUT2D eigenvalue weighted by molar-refractivity contribution is 5.98. The molecule has 0 unspecified atom stereocenters. The zero-order valence-corrected chi connectivity index (χ0v) is 20.7. The molecule has 3 N–H and O–H groups in total. The van der Waals surface area contributed by atoms with Gasteiger partial charge >= 0.3 is 0 Å². The number of hydrogen-bond acceptors (Lipinski definition) is 9. The number of hydrogen-bond donors (Lipinski definition) is 3. The van der Waals surface area contributed by atoms with E-state index in [0.717, 1.165) is 5.56 Å². The fraction of sp³-hybridized carbons (Fsp3) is 0.458. The summed E-state index contributed by atoms with van der Waals surface area (Å²) >= 11 is 0. The van der Waals surface area contributed by atoms with Gasteiger partial charge in [-0.05, 0) is 18.9 Å². The molecule has 1 aliphatic rings. The van der Waals surface area contributed by atoms with Gasteiger partial charge in [0, 0.05) is 27.4 Å². The van der Waals surface area contributed by atoms with Crippen LogP contribution < -0.4 is 16.0 Å². The molecule has 1 aliphatic heterocycles. The number of nitrogens with zero attached hydrogens (tertiary/aromatic N) is 1. The van der Waals surface area contributed by atoms with Crippen LogP contribution in [0.2, 0.25) is 0 Å². The monoisotopic (exact) mass is 504 g/mol. The van der Waals surface area contributed by atoms with E-state index in [1.807, 2.05) is 30.3 Å². The number of Topliss-reactive ketones (excluding diaryl/α,β-unsaturated/α-hetero) is 1. The molecule has 36 heavy (non-hydrogen) atoms. The van der Waals surface area contributed by atoms with E-state index >= 15 is 0 Å². The standard InChI is InChI=1S/C22H26N4O7.C2H6O/c1-22(13-32-22)19(28)16(10-14-6-4-3-5-7-14)24-18(27)11-23-20(29)17(12-31-2)25-21(30)15-8-9-33-26-15;1-3-2/h3-9,16-17H,10-13H2,1-2H3,(H,23,29)(H,24,27)(H,25,30);1-2H3/t16-,17-,22+;/m0./s1. The van der Waals surface area contributed by atoms with E-state index in [2.05, 4.69) is 30.4 Å². The Morgan fingerprint density at radius 2 is 1.72 bits per heavy atom. The van der Waals surface area contributed by atoms with Crippen LogP contribution in [0.1, 0.15) is 23.0 Å². The minimum Gasteiger partial charge on any atom is -0.388 e. The predicted octanol–water partition coefficient (Wildman–Crippen LogP) is -0.116. The number of nitrogens with one attached hydrogen (secondary N) is 3. The van der Waals surface area contributed by atoms with Gasteiger partial charge in [0.15, 0.2) is 11.5 Å². The van der Waals surface area contributed by atoms with E-state index in [4.69, 9.17) is 9.47 Å². The molecule has 0 radical (unpaired) electrons. The van der Waals surface area contributed by atoms with Gasteiger partial charge in [-0.1, -0.05) is 35.5 Å². The molecule has 1 aromatic carbocycles. The second kappa shape index (κ2) is 14.1. The molecule has 3 atom stereocenters. The number of methoxy groups -OCH3 is 2. The van der Waals surface area contributed by atoms with Crippen LogP contribution in [-0.4, -0.2) is 87.4 Å². The molecule has 196 valence electrons. The number of ketones is 1. The third kappa shape index (κ3) is 8.87. The number of carbonyl (C=O) groups is 4. The van der Waals surface area contributed by atoms with Crippen LogP contribution in [0.3, 0.4) is 0 Å². The largest absolute Gasteiger partial charge is 0.388 e. The molecule has 0 saturated carbocycles. The van der Waals surface area contributed by atoms with Crippen LogP contribution in [0.4, 0.5) is 0 Å². The van der Waals surface area contributed by atoms with Crippen molar-refractivity contribution < 1.29 is 37.9 Å². The highest BCUT2D eigenvalue weighted by Gasteiger charge is 2.50. The number of ether oxygens (including phenoxy) is 3. The Morgan fingerprint density at radius 1 is 1.06 bits per heavy atom. The van der Waals surface area contributed by atoms with Crippen molar-refractivity contribution in [2.45, 2.75) is 31.0 Å². The van der Waals surface area contributed by atoms with Crippen LogP contribution in [0, 0.1) is 0 Å². The first-order chi connectivity index (χ1) is 17.2. The molecule has 0 aliphatic carbocycles. The Bertz CT molecular complexity index is 993. The van der Waals surface area contributed by atoms with Gasteiger partial charge in [-0.3, -0.25) is 19.2 Å². The third-order valence-corrected chi connectivity index (χ3v) is 5.08. The average Bonchev–Trinajstić information content (AvgIpc) is 3.37. The quantitative estimate of drug-likeness (QED) is 0.335. The summed E-state index contributed by atoms with van der Waals surface area (Å²) in [4.78, 5) is 50.0. The van der Waals surface area contributed by atoms with Crippen LogP contribution >= 0.6 is 0 Å². The smallest absolute Gasteiger partial charge is 0.274 e. The Balaban J connectivity index is 0.00000145. The lowest BCUT2D eigenvalue weighted by Crippen LogP contribution is -2.53. The molecule has 1 fully saturated rings. The summed E-state index contributed by atoms with van der Waals surface area (Å²) < 4.78 is 19.1. The van der Waals surface area contributed by atoms with Crippen molar-refractivity contribution in [2.75, 3.05) is 41.1 Å². The first-order valence-electron chi connectivity index (χ1n) is 11.1. The van der Waals surface area contributed by atoms with Crippen LogP contribution in [0.15, 0.2) is 47.2 Å². The maximum atomic E-state index is 12.8. The highest BCUT2D eigenvalue weighted by Crippen LogP contribution is 2.29. The molecular weight excluding hydrogens is 472 g/mol. The van der Waals surface area contributed by atoms with Crippen molar-refractivity contribution in [1.29, 1.82) is 0 Å². The number of carbonyl (C=O) groups excluding carboxylic acids is 4. The fourth-order valence-electron chi connectivity index (χ4n) is 3.13. The van der Waals surface area contributed by atoms with Gasteiger partial charge in [-0.15, -0.1) is 0 Å². The maximum absolute atomic E-state index is 12.8. The van der Waals surface area contributed by atoms with E-state index in [-0.39, 0.29) is 18.1 Å². The van der Waals surface area contributed by atoms with Gasteiger partial charge in [0.25, 0.3) is 5.91 Å². The zero-order valence-electron chi connectivity index (χ0n) is 20.7.